The second kappa shape index (κ2) is 5.37. The number of aliphatic hydroxyl groups is 2. The zero-order chi connectivity index (χ0) is 11.6. The molecule has 0 aliphatic rings. The topological polar surface area (TPSA) is 66.5 Å². The summed E-state index contributed by atoms with van der Waals surface area (Å²) in [6.07, 6.45) is -2.03. The van der Waals surface area contributed by atoms with Crippen molar-refractivity contribution in [3.8, 4) is 0 Å². The first-order valence-corrected chi connectivity index (χ1v) is 6.02. The van der Waals surface area contributed by atoms with Crippen molar-refractivity contribution in [3.05, 3.63) is 27.7 Å². The number of alkyl halides is 1. The van der Waals surface area contributed by atoms with Crippen molar-refractivity contribution in [2.24, 2.45) is 0 Å². The number of hydrogen-bond donors (Lipinski definition) is 3. The standard InChI is InChI=1S/C9H10BrCl2NO2/c10-3-6(14)9(15)4-1-2-5(13)8(12)7(4)11/h1-2,6,9,14-15H,3,13H2. The summed E-state index contributed by atoms with van der Waals surface area (Å²) in [6, 6.07) is 3.08. The highest BCUT2D eigenvalue weighted by atomic mass is 79.9. The van der Waals surface area contributed by atoms with Crippen LogP contribution < -0.4 is 5.73 Å². The molecule has 0 aliphatic heterocycles. The third kappa shape index (κ3) is 2.77. The minimum absolute atomic E-state index is 0.171. The maximum atomic E-state index is 9.72. The molecule has 0 bridgehead atoms. The van der Waals surface area contributed by atoms with Crippen LogP contribution >= 0.6 is 39.1 Å². The molecule has 0 aliphatic carbocycles. The predicted molar refractivity (Wildman–Crippen MR) is 65.6 cm³/mol. The molecule has 3 nitrogen and oxygen atoms in total. The Morgan fingerprint density at radius 2 is 1.87 bits per heavy atom. The van der Waals surface area contributed by atoms with E-state index in [0.29, 0.717) is 11.3 Å². The van der Waals surface area contributed by atoms with Crippen molar-refractivity contribution in [2.75, 3.05) is 11.1 Å². The van der Waals surface area contributed by atoms with Crippen LogP contribution in [0.3, 0.4) is 0 Å². The largest absolute Gasteiger partial charge is 0.397 e. The Morgan fingerprint density at radius 1 is 1.27 bits per heavy atom. The van der Waals surface area contributed by atoms with Crippen LogP contribution in [0.2, 0.25) is 10.0 Å². The summed E-state index contributed by atoms with van der Waals surface area (Å²) in [7, 11) is 0. The van der Waals surface area contributed by atoms with E-state index in [2.05, 4.69) is 15.9 Å². The highest BCUT2D eigenvalue weighted by Gasteiger charge is 2.21. The lowest BCUT2D eigenvalue weighted by Gasteiger charge is -2.18. The van der Waals surface area contributed by atoms with Crippen LogP contribution in [-0.4, -0.2) is 21.6 Å². The molecular weight excluding hydrogens is 305 g/mol. The number of rotatable bonds is 3. The fraction of sp³-hybridized carbons (Fsp3) is 0.333. The average molecular weight is 315 g/mol. The first kappa shape index (κ1) is 13.1. The van der Waals surface area contributed by atoms with E-state index in [1.165, 1.54) is 6.07 Å². The lowest BCUT2D eigenvalue weighted by Crippen LogP contribution is -2.19. The molecule has 1 aromatic carbocycles. The van der Waals surface area contributed by atoms with Crippen molar-refractivity contribution < 1.29 is 10.2 Å². The Labute approximate surface area is 106 Å². The number of anilines is 1. The van der Waals surface area contributed by atoms with Crippen LogP contribution in [0.25, 0.3) is 0 Å². The van der Waals surface area contributed by atoms with Gasteiger partial charge in [-0.1, -0.05) is 45.2 Å². The zero-order valence-corrected chi connectivity index (χ0v) is 10.7. The molecule has 0 aromatic heterocycles. The summed E-state index contributed by atoms with van der Waals surface area (Å²) in [5.74, 6) is 0. The van der Waals surface area contributed by atoms with Crippen molar-refractivity contribution in [2.45, 2.75) is 12.2 Å². The predicted octanol–water partition coefficient (Wildman–Crippen LogP) is 2.36. The van der Waals surface area contributed by atoms with Gasteiger partial charge in [0, 0.05) is 10.9 Å². The van der Waals surface area contributed by atoms with E-state index in [1.807, 2.05) is 0 Å². The fourth-order valence-corrected chi connectivity index (χ4v) is 1.91. The minimum atomic E-state index is -1.09. The number of hydrogen-bond acceptors (Lipinski definition) is 3. The molecule has 0 fully saturated rings. The maximum Gasteiger partial charge on any atom is 0.107 e. The second-order valence-corrected chi connectivity index (χ2v) is 4.44. The van der Waals surface area contributed by atoms with Gasteiger partial charge in [0.05, 0.1) is 21.8 Å². The Bertz CT molecular complexity index is 362. The van der Waals surface area contributed by atoms with E-state index in [0.717, 1.165) is 0 Å². The van der Waals surface area contributed by atoms with Gasteiger partial charge >= 0.3 is 0 Å². The van der Waals surface area contributed by atoms with E-state index < -0.39 is 12.2 Å². The van der Waals surface area contributed by atoms with Gasteiger partial charge in [-0.2, -0.15) is 0 Å². The number of nitrogens with two attached hydrogens (primary N) is 1. The molecule has 2 unspecified atom stereocenters. The van der Waals surface area contributed by atoms with Gasteiger partial charge in [0.25, 0.3) is 0 Å². The molecule has 84 valence electrons. The normalized spacial score (nSPS) is 15.0. The van der Waals surface area contributed by atoms with E-state index in [4.69, 9.17) is 28.9 Å². The third-order valence-electron chi connectivity index (χ3n) is 1.98. The molecular formula is C9H10BrCl2NO2. The maximum absolute atomic E-state index is 9.72. The van der Waals surface area contributed by atoms with Gasteiger partial charge in [-0.15, -0.1) is 0 Å². The van der Waals surface area contributed by atoms with E-state index >= 15 is 0 Å². The molecule has 0 heterocycles. The molecule has 0 amide bonds. The third-order valence-corrected chi connectivity index (χ3v) is 3.56. The fourth-order valence-electron chi connectivity index (χ4n) is 1.10. The first-order chi connectivity index (χ1) is 6.99. The molecule has 0 radical (unpaired) electrons. The molecule has 0 saturated heterocycles. The summed E-state index contributed by atoms with van der Waals surface area (Å²) >= 11 is 14.8. The van der Waals surface area contributed by atoms with Gasteiger partial charge in [-0.05, 0) is 6.07 Å². The Morgan fingerprint density at radius 3 is 2.40 bits per heavy atom. The lowest BCUT2D eigenvalue weighted by atomic mass is 10.1. The summed E-state index contributed by atoms with van der Waals surface area (Å²) in [6.45, 7) is 0. The van der Waals surface area contributed by atoms with E-state index in [9.17, 15) is 10.2 Å². The zero-order valence-electron chi connectivity index (χ0n) is 7.62. The van der Waals surface area contributed by atoms with Crippen LogP contribution in [0.5, 0.6) is 0 Å². The van der Waals surface area contributed by atoms with Gasteiger partial charge in [0.1, 0.15) is 6.10 Å². The first-order valence-electron chi connectivity index (χ1n) is 4.14. The molecule has 0 saturated carbocycles. The van der Waals surface area contributed by atoms with Gasteiger partial charge < -0.3 is 15.9 Å². The van der Waals surface area contributed by atoms with Crippen LogP contribution in [0, 0.1) is 0 Å². The molecule has 4 N–H and O–H groups in total. The molecule has 6 heteroatoms. The van der Waals surface area contributed by atoms with Gasteiger partial charge in [-0.25, -0.2) is 0 Å². The smallest absolute Gasteiger partial charge is 0.107 e. The SMILES string of the molecule is Nc1ccc(C(O)C(O)CBr)c(Cl)c1Cl. The number of aliphatic hydroxyl groups excluding tert-OH is 2. The Kier molecular flexibility index (Phi) is 4.67. The number of nitrogen functional groups attached to an aromatic ring is 1. The van der Waals surface area contributed by atoms with Crippen molar-refractivity contribution in [1.29, 1.82) is 0 Å². The average Bonchev–Trinajstić information content (AvgIpc) is 2.24. The minimum Gasteiger partial charge on any atom is -0.397 e. The van der Waals surface area contributed by atoms with E-state index in [-0.39, 0.29) is 15.4 Å². The van der Waals surface area contributed by atoms with Crippen LogP contribution in [0.4, 0.5) is 5.69 Å². The summed E-state index contributed by atoms with van der Waals surface area (Å²) < 4.78 is 0. The quantitative estimate of drug-likeness (QED) is 0.593. The highest BCUT2D eigenvalue weighted by molar-refractivity contribution is 9.09. The number of halogens is 3. The summed E-state index contributed by atoms with van der Waals surface area (Å²) in [5, 5.41) is 19.8. The van der Waals surface area contributed by atoms with Crippen LogP contribution in [0.1, 0.15) is 11.7 Å². The Hall–Kier alpha value is -0.000000000000000222. The highest BCUT2D eigenvalue weighted by Crippen LogP contribution is 2.35. The van der Waals surface area contributed by atoms with Crippen LogP contribution in [0.15, 0.2) is 12.1 Å². The molecule has 1 aromatic rings. The summed E-state index contributed by atoms with van der Waals surface area (Å²) in [5.41, 5.74) is 6.23. The van der Waals surface area contributed by atoms with E-state index in [1.54, 1.807) is 6.07 Å². The number of benzene rings is 1. The molecule has 2 atom stereocenters. The van der Waals surface area contributed by atoms with Gasteiger partial charge in [-0.3, -0.25) is 0 Å². The molecule has 0 spiro atoms. The Balaban J connectivity index is 3.10. The molecule has 15 heavy (non-hydrogen) atoms. The van der Waals surface area contributed by atoms with Crippen molar-refractivity contribution >= 4 is 44.8 Å². The monoisotopic (exact) mass is 313 g/mol. The van der Waals surface area contributed by atoms with Gasteiger partial charge in [0.2, 0.25) is 0 Å². The summed E-state index contributed by atoms with van der Waals surface area (Å²) in [4.78, 5) is 0. The van der Waals surface area contributed by atoms with Crippen molar-refractivity contribution in [1.82, 2.24) is 0 Å². The lowest BCUT2D eigenvalue weighted by molar-refractivity contribution is 0.0343. The molecule has 1 rings (SSSR count). The second-order valence-electron chi connectivity index (χ2n) is 3.04. The van der Waals surface area contributed by atoms with Crippen LogP contribution in [-0.2, 0) is 0 Å². The van der Waals surface area contributed by atoms with Gasteiger partial charge in [0.15, 0.2) is 0 Å². The van der Waals surface area contributed by atoms with Crippen molar-refractivity contribution in [3.63, 3.8) is 0 Å².